The average Bonchev–Trinajstić information content (AvgIpc) is 2.66. The van der Waals surface area contributed by atoms with Gasteiger partial charge in [0.05, 0.1) is 11.6 Å². The second-order valence-electron chi connectivity index (χ2n) is 6.02. The number of hydrogen-bond acceptors (Lipinski definition) is 3. The van der Waals surface area contributed by atoms with Crippen molar-refractivity contribution in [3.63, 3.8) is 0 Å². The molecule has 0 aliphatic carbocycles. The Morgan fingerprint density at radius 1 is 1.04 bits per heavy atom. The maximum Gasteiger partial charge on any atom is 0.416 e. The number of carbonyl (C=O) groups is 1. The van der Waals surface area contributed by atoms with Crippen LogP contribution in [-0.4, -0.2) is 10.9 Å². The first-order valence-electron chi connectivity index (χ1n) is 8.19. The predicted molar refractivity (Wildman–Crippen MR) is 95.8 cm³/mol. The molecule has 3 N–H and O–H groups in total. The molecule has 4 nitrogen and oxygen atoms in total. The van der Waals surface area contributed by atoms with Crippen LogP contribution in [0.25, 0.3) is 0 Å². The predicted octanol–water partition coefficient (Wildman–Crippen LogP) is 4.34. The number of carbonyl (C=O) groups excluding carboxylic acids is 1. The number of anilines is 1. The third kappa shape index (κ3) is 4.28. The molecule has 3 aromatic rings. The van der Waals surface area contributed by atoms with Gasteiger partial charge < -0.3 is 11.1 Å². The number of alkyl halides is 3. The summed E-state index contributed by atoms with van der Waals surface area (Å²) in [6, 6.07) is 11.7. The summed E-state index contributed by atoms with van der Waals surface area (Å²) >= 11 is 0. The van der Waals surface area contributed by atoms with Crippen LogP contribution < -0.4 is 11.1 Å². The zero-order valence-corrected chi connectivity index (χ0v) is 14.4. The van der Waals surface area contributed by atoms with Crippen molar-refractivity contribution in [2.75, 3.05) is 5.73 Å². The van der Waals surface area contributed by atoms with E-state index in [1.165, 1.54) is 36.5 Å². The molecule has 0 spiro atoms. The lowest BCUT2D eigenvalue weighted by molar-refractivity contribution is -0.137. The number of nitrogens with two attached hydrogens (primary N) is 1. The highest BCUT2D eigenvalue weighted by molar-refractivity contribution is 5.95. The number of hydrogen-bond donors (Lipinski definition) is 2. The van der Waals surface area contributed by atoms with Crippen LogP contribution in [-0.2, 0) is 6.18 Å². The topological polar surface area (TPSA) is 68.0 Å². The number of aromatic nitrogens is 1. The number of pyridine rings is 1. The lowest BCUT2D eigenvalue weighted by Gasteiger charge is -2.20. The zero-order chi connectivity index (χ0) is 20.3. The summed E-state index contributed by atoms with van der Waals surface area (Å²) < 4.78 is 52.8. The van der Waals surface area contributed by atoms with Crippen molar-refractivity contribution in [2.45, 2.75) is 12.2 Å². The molecule has 2 aromatic carbocycles. The second-order valence-corrected chi connectivity index (χ2v) is 6.02. The van der Waals surface area contributed by atoms with Gasteiger partial charge in [-0.25, -0.2) is 4.39 Å². The van der Waals surface area contributed by atoms with Gasteiger partial charge in [0.2, 0.25) is 0 Å². The summed E-state index contributed by atoms with van der Waals surface area (Å²) in [6.07, 6.45) is -3.17. The zero-order valence-electron chi connectivity index (χ0n) is 14.4. The summed E-state index contributed by atoms with van der Waals surface area (Å²) in [4.78, 5) is 16.5. The fraction of sp³-hybridized carbons (Fsp3) is 0.100. The van der Waals surface area contributed by atoms with Gasteiger partial charge in [-0.15, -0.1) is 0 Å². The molecular formula is C20H15F4N3O. The summed E-state index contributed by atoms with van der Waals surface area (Å²) in [5.41, 5.74) is 5.56. The molecule has 28 heavy (non-hydrogen) atoms. The average molecular weight is 389 g/mol. The van der Waals surface area contributed by atoms with Crippen LogP contribution in [0.4, 0.5) is 23.2 Å². The van der Waals surface area contributed by atoms with E-state index in [9.17, 15) is 22.4 Å². The van der Waals surface area contributed by atoms with Crippen LogP contribution in [0.5, 0.6) is 0 Å². The minimum absolute atomic E-state index is 0.112. The lowest BCUT2D eigenvalue weighted by Crippen LogP contribution is -2.30. The van der Waals surface area contributed by atoms with Gasteiger partial charge in [0.15, 0.2) is 0 Å². The van der Waals surface area contributed by atoms with Crippen LogP contribution in [0, 0.1) is 5.82 Å². The smallest absolute Gasteiger partial charge is 0.399 e. The number of amides is 1. The molecule has 1 heterocycles. The first-order chi connectivity index (χ1) is 13.3. The molecular weight excluding hydrogens is 374 g/mol. The Bertz CT molecular complexity index is 987. The molecule has 1 aromatic heterocycles. The number of halogens is 4. The van der Waals surface area contributed by atoms with Crippen LogP contribution in [0.2, 0.25) is 0 Å². The van der Waals surface area contributed by atoms with Crippen molar-refractivity contribution >= 4 is 11.6 Å². The third-order valence-electron chi connectivity index (χ3n) is 4.06. The van der Waals surface area contributed by atoms with E-state index in [4.69, 9.17) is 5.73 Å². The van der Waals surface area contributed by atoms with E-state index in [0.29, 0.717) is 5.69 Å². The van der Waals surface area contributed by atoms with Crippen LogP contribution in [0.15, 0.2) is 66.9 Å². The molecule has 0 unspecified atom stereocenters. The quantitative estimate of drug-likeness (QED) is 0.515. The van der Waals surface area contributed by atoms with E-state index in [1.54, 1.807) is 12.1 Å². The van der Waals surface area contributed by atoms with E-state index >= 15 is 0 Å². The Morgan fingerprint density at radius 3 is 2.36 bits per heavy atom. The molecule has 0 aliphatic rings. The minimum atomic E-state index is -4.50. The van der Waals surface area contributed by atoms with Crippen LogP contribution >= 0.6 is 0 Å². The molecule has 0 saturated heterocycles. The van der Waals surface area contributed by atoms with Gasteiger partial charge in [-0.2, -0.15) is 13.2 Å². The van der Waals surface area contributed by atoms with E-state index in [-0.39, 0.29) is 16.8 Å². The van der Waals surface area contributed by atoms with Crippen molar-refractivity contribution < 1.29 is 22.4 Å². The summed E-state index contributed by atoms with van der Waals surface area (Å²) in [5.74, 6) is -1.26. The first-order valence-corrected chi connectivity index (χ1v) is 8.19. The minimum Gasteiger partial charge on any atom is -0.399 e. The highest BCUT2D eigenvalue weighted by atomic mass is 19.4. The lowest BCUT2D eigenvalue weighted by atomic mass is 10.00. The van der Waals surface area contributed by atoms with E-state index in [1.807, 2.05) is 0 Å². The van der Waals surface area contributed by atoms with E-state index in [2.05, 4.69) is 10.3 Å². The van der Waals surface area contributed by atoms with Gasteiger partial charge in [0, 0.05) is 17.4 Å². The number of rotatable bonds is 4. The standard InChI is InChI=1S/C20H15F4N3O/c21-16-5-2-10-26-18(16)17(12-6-8-14(9-7-12)20(22,23)24)27-19(28)13-3-1-4-15(25)11-13/h1-11,17H,25H2,(H,27,28)/t17-/m0/s1. The fourth-order valence-electron chi connectivity index (χ4n) is 2.68. The van der Waals surface area contributed by atoms with Crippen molar-refractivity contribution in [1.82, 2.24) is 10.3 Å². The van der Waals surface area contributed by atoms with Crippen LogP contribution in [0.1, 0.15) is 33.2 Å². The maximum atomic E-state index is 14.3. The molecule has 144 valence electrons. The van der Waals surface area contributed by atoms with Crippen molar-refractivity contribution in [3.8, 4) is 0 Å². The van der Waals surface area contributed by atoms with Crippen LogP contribution in [0.3, 0.4) is 0 Å². The van der Waals surface area contributed by atoms with Gasteiger partial charge >= 0.3 is 6.18 Å². The van der Waals surface area contributed by atoms with Gasteiger partial charge in [-0.1, -0.05) is 18.2 Å². The molecule has 0 saturated carbocycles. The monoisotopic (exact) mass is 389 g/mol. The number of nitrogens with zero attached hydrogens (tertiary/aromatic N) is 1. The summed E-state index contributed by atoms with van der Waals surface area (Å²) in [5, 5.41) is 2.61. The largest absolute Gasteiger partial charge is 0.416 e. The molecule has 0 bridgehead atoms. The summed E-state index contributed by atoms with van der Waals surface area (Å²) in [7, 11) is 0. The molecule has 8 heteroatoms. The Hall–Kier alpha value is -3.42. The number of benzene rings is 2. The van der Waals surface area contributed by atoms with E-state index < -0.39 is 29.5 Å². The molecule has 1 amide bonds. The Morgan fingerprint density at radius 2 is 1.75 bits per heavy atom. The molecule has 0 aliphatic heterocycles. The molecule has 0 fully saturated rings. The van der Waals surface area contributed by atoms with Crippen molar-refractivity contribution in [2.24, 2.45) is 0 Å². The maximum absolute atomic E-state index is 14.3. The van der Waals surface area contributed by atoms with Crippen molar-refractivity contribution in [3.05, 3.63) is 95.1 Å². The SMILES string of the molecule is Nc1cccc(C(=O)N[C@@H](c2ccc(C(F)(F)F)cc2)c2ncccc2F)c1. The Balaban J connectivity index is 1.99. The third-order valence-corrected chi connectivity index (χ3v) is 4.06. The van der Waals surface area contributed by atoms with Crippen molar-refractivity contribution in [1.29, 1.82) is 0 Å². The fourth-order valence-corrected chi connectivity index (χ4v) is 2.68. The van der Waals surface area contributed by atoms with E-state index in [0.717, 1.165) is 18.2 Å². The van der Waals surface area contributed by atoms with Gasteiger partial charge in [0.25, 0.3) is 5.91 Å². The molecule has 3 rings (SSSR count). The first kappa shape index (κ1) is 19.3. The Labute approximate surface area is 158 Å². The molecule has 0 radical (unpaired) electrons. The molecule has 1 atom stereocenters. The number of nitrogen functional groups attached to an aromatic ring is 1. The summed E-state index contributed by atoms with van der Waals surface area (Å²) in [6.45, 7) is 0. The van der Waals surface area contributed by atoms with Gasteiger partial charge in [0.1, 0.15) is 11.5 Å². The highest BCUT2D eigenvalue weighted by Crippen LogP contribution is 2.31. The Kier molecular flexibility index (Phi) is 5.30. The highest BCUT2D eigenvalue weighted by Gasteiger charge is 2.31. The van der Waals surface area contributed by atoms with Gasteiger partial charge in [-0.3, -0.25) is 9.78 Å². The second kappa shape index (κ2) is 7.67. The van der Waals surface area contributed by atoms with Gasteiger partial charge in [-0.05, 0) is 48.0 Å². The normalized spacial score (nSPS) is 12.4. The number of nitrogens with one attached hydrogen (secondary N) is 1.